The average Bonchev–Trinajstić information content (AvgIpc) is 2.45. The van der Waals surface area contributed by atoms with Gasteiger partial charge in [-0.2, -0.15) is 0 Å². The highest BCUT2D eigenvalue weighted by molar-refractivity contribution is 7.80. The zero-order chi connectivity index (χ0) is 14.5. The van der Waals surface area contributed by atoms with Crippen LogP contribution in [0.2, 0.25) is 0 Å². The lowest BCUT2D eigenvalue weighted by Gasteiger charge is -2.29. The number of hydrogen-bond acceptors (Lipinski definition) is 2. The number of hydrogen-bond donors (Lipinski definition) is 1. The molecule has 0 heterocycles. The van der Waals surface area contributed by atoms with Crippen molar-refractivity contribution < 1.29 is 0 Å². The Morgan fingerprint density at radius 1 is 1.05 bits per heavy atom. The molecule has 2 aromatic carbocycles. The summed E-state index contributed by atoms with van der Waals surface area (Å²) in [7, 11) is 0. The van der Waals surface area contributed by atoms with E-state index < -0.39 is 0 Å². The van der Waals surface area contributed by atoms with Crippen molar-refractivity contribution in [3.63, 3.8) is 0 Å². The molecule has 0 saturated carbocycles. The molecule has 2 nitrogen and oxygen atoms in total. The highest BCUT2D eigenvalue weighted by atomic mass is 32.1. The van der Waals surface area contributed by atoms with Gasteiger partial charge in [0.1, 0.15) is 4.99 Å². The van der Waals surface area contributed by atoms with E-state index in [0.29, 0.717) is 11.0 Å². The van der Waals surface area contributed by atoms with Gasteiger partial charge in [0.15, 0.2) is 0 Å². The highest BCUT2D eigenvalue weighted by Gasteiger charge is 2.11. The fraction of sp³-hybridized carbons (Fsp3) is 0.235. The van der Waals surface area contributed by atoms with E-state index in [1.54, 1.807) is 0 Å². The third kappa shape index (κ3) is 3.58. The lowest BCUT2D eigenvalue weighted by molar-refractivity contribution is 0.682. The fourth-order valence-corrected chi connectivity index (χ4v) is 2.31. The number of anilines is 1. The first-order valence-corrected chi connectivity index (χ1v) is 7.19. The van der Waals surface area contributed by atoms with Crippen molar-refractivity contribution in [2.45, 2.75) is 26.4 Å². The molecule has 0 radical (unpaired) electrons. The van der Waals surface area contributed by atoms with Crippen LogP contribution in [0.15, 0.2) is 54.6 Å². The van der Waals surface area contributed by atoms with Crippen LogP contribution in [0.5, 0.6) is 0 Å². The molecule has 2 N–H and O–H groups in total. The van der Waals surface area contributed by atoms with Crippen molar-refractivity contribution >= 4 is 22.9 Å². The van der Waals surface area contributed by atoms with Gasteiger partial charge in [0.25, 0.3) is 0 Å². The summed E-state index contributed by atoms with van der Waals surface area (Å²) in [6.45, 7) is 5.29. The summed E-state index contributed by atoms with van der Waals surface area (Å²) in [5, 5.41) is 0. The number of rotatable bonds is 5. The van der Waals surface area contributed by atoms with Crippen LogP contribution < -0.4 is 10.6 Å². The van der Waals surface area contributed by atoms with Gasteiger partial charge in [0, 0.05) is 23.8 Å². The molecule has 2 aromatic rings. The number of benzene rings is 2. The molecule has 104 valence electrons. The Morgan fingerprint density at radius 2 is 1.65 bits per heavy atom. The van der Waals surface area contributed by atoms with Gasteiger partial charge in [-0.3, -0.25) is 0 Å². The van der Waals surface area contributed by atoms with Gasteiger partial charge in [-0.1, -0.05) is 42.5 Å². The van der Waals surface area contributed by atoms with Crippen LogP contribution in [-0.4, -0.2) is 11.0 Å². The normalized spacial score (nSPS) is 10.6. The molecule has 2 rings (SSSR count). The molecule has 0 aliphatic carbocycles. The smallest absolute Gasteiger partial charge is 0.103 e. The summed E-state index contributed by atoms with van der Waals surface area (Å²) in [5.41, 5.74) is 9.04. The Bertz CT molecular complexity index is 561. The van der Waals surface area contributed by atoms with Gasteiger partial charge in [-0.25, -0.2) is 0 Å². The number of thiocarbonyl (C=S) groups is 1. The molecular weight excluding hydrogens is 264 g/mol. The Labute approximate surface area is 126 Å². The quantitative estimate of drug-likeness (QED) is 0.848. The highest BCUT2D eigenvalue weighted by Crippen LogP contribution is 2.20. The number of nitrogens with zero attached hydrogens (tertiary/aromatic N) is 1. The first-order valence-electron chi connectivity index (χ1n) is 6.78. The summed E-state index contributed by atoms with van der Waals surface area (Å²) in [6.07, 6.45) is 0. The van der Waals surface area contributed by atoms with E-state index in [1.807, 2.05) is 18.2 Å². The second-order valence-corrected chi connectivity index (χ2v) is 5.56. The molecule has 0 aliphatic heterocycles. The third-order valence-electron chi connectivity index (χ3n) is 3.30. The maximum Gasteiger partial charge on any atom is 0.103 e. The van der Waals surface area contributed by atoms with E-state index in [1.165, 1.54) is 11.3 Å². The van der Waals surface area contributed by atoms with Crippen molar-refractivity contribution in [1.29, 1.82) is 0 Å². The van der Waals surface area contributed by atoms with Crippen molar-refractivity contribution in [3.05, 3.63) is 65.7 Å². The largest absolute Gasteiger partial charge is 0.389 e. The van der Waals surface area contributed by atoms with Crippen LogP contribution >= 0.6 is 12.2 Å². The van der Waals surface area contributed by atoms with Crippen molar-refractivity contribution in [1.82, 2.24) is 0 Å². The topological polar surface area (TPSA) is 29.3 Å². The molecule has 0 aliphatic rings. The van der Waals surface area contributed by atoms with Gasteiger partial charge in [0.2, 0.25) is 0 Å². The van der Waals surface area contributed by atoms with Crippen LogP contribution in [0.1, 0.15) is 25.0 Å². The van der Waals surface area contributed by atoms with Crippen LogP contribution in [0.25, 0.3) is 0 Å². The van der Waals surface area contributed by atoms with Gasteiger partial charge < -0.3 is 10.6 Å². The van der Waals surface area contributed by atoms with Gasteiger partial charge in [-0.15, -0.1) is 0 Å². The minimum absolute atomic E-state index is 0.422. The predicted octanol–water partition coefficient (Wildman–Crippen LogP) is 3.74. The van der Waals surface area contributed by atoms with E-state index in [0.717, 1.165) is 12.1 Å². The average molecular weight is 284 g/mol. The lowest BCUT2D eigenvalue weighted by Crippen LogP contribution is -2.30. The summed E-state index contributed by atoms with van der Waals surface area (Å²) < 4.78 is 0. The van der Waals surface area contributed by atoms with E-state index >= 15 is 0 Å². The van der Waals surface area contributed by atoms with Crippen LogP contribution in [0.3, 0.4) is 0 Å². The molecule has 20 heavy (non-hydrogen) atoms. The Morgan fingerprint density at radius 3 is 2.15 bits per heavy atom. The molecule has 0 unspecified atom stereocenters. The summed E-state index contributed by atoms with van der Waals surface area (Å²) in [5.74, 6) is 0. The fourth-order valence-electron chi connectivity index (χ4n) is 2.17. The van der Waals surface area contributed by atoms with E-state index in [4.69, 9.17) is 18.0 Å². The molecule has 0 spiro atoms. The standard InChI is InChI=1S/C17H20N2S/c1-13(2)19(12-14-6-4-3-5-7-14)16-10-8-15(9-11-16)17(18)20/h3-11,13H,12H2,1-2H3,(H2,18,20). The minimum Gasteiger partial charge on any atom is -0.389 e. The summed E-state index contributed by atoms with van der Waals surface area (Å²) in [6, 6.07) is 19.0. The molecule has 0 saturated heterocycles. The second kappa shape index (κ2) is 6.53. The van der Waals surface area contributed by atoms with Crippen molar-refractivity contribution in [2.75, 3.05) is 4.90 Å². The Hall–Kier alpha value is -1.87. The van der Waals surface area contributed by atoms with Crippen LogP contribution in [0.4, 0.5) is 5.69 Å². The first kappa shape index (κ1) is 14.5. The SMILES string of the molecule is CC(C)N(Cc1ccccc1)c1ccc(C(N)=S)cc1. The summed E-state index contributed by atoms with van der Waals surface area (Å²) >= 11 is 4.99. The molecular formula is C17H20N2S. The third-order valence-corrected chi connectivity index (χ3v) is 3.54. The van der Waals surface area contributed by atoms with Gasteiger partial charge >= 0.3 is 0 Å². The molecule has 0 bridgehead atoms. The lowest BCUT2D eigenvalue weighted by atomic mass is 10.1. The Balaban J connectivity index is 2.22. The van der Waals surface area contributed by atoms with Gasteiger partial charge in [0.05, 0.1) is 0 Å². The monoisotopic (exact) mass is 284 g/mol. The number of nitrogens with two attached hydrogens (primary N) is 1. The second-order valence-electron chi connectivity index (χ2n) is 5.12. The molecule has 0 aromatic heterocycles. The minimum atomic E-state index is 0.422. The molecule has 0 atom stereocenters. The van der Waals surface area contributed by atoms with E-state index in [-0.39, 0.29) is 0 Å². The Kier molecular flexibility index (Phi) is 4.74. The van der Waals surface area contributed by atoms with Crippen molar-refractivity contribution in [2.24, 2.45) is 5.73 Å². The first-order chi connectivity index (χ1) is 9.58. The maximum absolute atomic E-state index is 5.64. The van der Waals surface area contributed by atoms with E-state index in [2.05, 4.69) is 55.1 Å². The molecule has 0 amide bonds. The summed E-state index contributed by atoms with van der Waals surface area (Å²) in [4.78, 5) is 2.80. The van der Waals surface area contributed by atoms with E-state index in [9.17, 15) is 0 Å². The van der Waals surface area contributed by atoms with Gasteiger partial charge in [-0.05, 0) is 43.7 Å². The maximum atomic E-state index is 5.64. The predicted molar refractivity (Wildman–Crippen MR) is 90.1 cm³/mol. The van der Waals surface area contributed by atoms with Crippen LogP contribution in [0, 0.1) is 0 Å². The molecule has 3 heteroatoms. The zero-order valence-corrected chi connectivity index (χ0v) is 12.7. The van der Waals surface area contributed by atoms with Crippen LogP contribution in [-0.2, 0) is 6.54 Å². The van der Waals surface area contributed by atoms with Crippen molar-refractivity contribution in [3.8, 4) is 0 Å². The molecule has 0 fully saturated rings. The zero-order valence-electron chi connectivity index (χ0n) is 11.9.